The van der Waals surface area contributed by atoms with Crippen LogP contribution in [0, 0.1) is 5.92 Å². The standard InChI is InChI=1S/C27H36O4Si/c1-7-19-18-27(19)23(22-24(30-27)29-26(5,6)28-22)31-32(25(2,3)4,20-14-10-8-11-15-20)21-16-12-9-13-17-21/h8-17,19,22-24H,7,18H2,1-6H3/t19-,22?,23+,24-,27-/m0/s1. The zero-order valence-corrected chi connectivity index (χ0v) is 21.1. The Bertz CT molecular complexity index is 915. The van der Waals surface area contributed by atoms with Gasteiger partial charge in [-0.1, -0.05) is 94.8 Å². The molecule has 5 heteroatoms. The average molecular weight is 453 g/mol. The van der Waals surface area contributed by atoms with Crippen molar-refractivity contribution in [2.24, 2.45) is 5.92 Å². The lowest BCUT2D eigenvalue weighted by molar-refractivity contribution is -0.221. The molecule has 0 N–H and O–H groups in total. The molecule has 1 aliphatic carbocycles. The number of hydrogen-bond acceptors (Lipinski definition) is 4. The van der Waals surface area contributed by atoms with E-state index in [2.05, 4.69) is 88.4 Å². The van der Waals surface area contributed by atoms with Gasteiger partial charge in [-0.3, -0.25) is 0 Å². The van der Waals surface area contributed by atoms with Crippen LogP contribution in [0.15, 0.2) is 60.7 Å². The van der Waals surface area contributed by atoms with Crippen LogP contribution in [0.4, 0.5) is 0 Å². The molecule has 0 radical (unpaired) electrons. The Labute approximate surface area is 193 Å². The molecule has 4 nitrogen and oxygen atoms in total. The lowest BCUT2D eigenvalue weighted by Gasteiger charge is -2.46. The van der Waals surface area contributed by atoms with Gasteiger partial charge in [-0.05, 0) is 41.6 Å². The Balaban J connectivity index is 1.66. The SMILES string of the molecule is CC[C@H]1C[C@]12O[C@@H]1OC(C)(C)OC1[C@H]2O[Si](c1ccccc1)(c1ccccc1)C(C)(C)C. The van der Waals surface area contributed by atoms with E-state index in [1.54, 1.807) is 0 Å². The van der Waals surface area contributed by atoms with Crippen molar-refractivity contribution in [3.05, 3.63) is 60.7 Å². The van der Waals surface area contributed by atoms with Crippen LogP contribution in [0.3, 0.4) is 0 Å². The third-order valence-corrected chi connectivity index (χ3v) is 12.5. The summed E-state index contributed by atoms with van der Waals surface area (Å²) in [6.45, 7) is 13.1. The van der Waals surface area contributed by atoms with E-state index in [1.807, 2.05) is 13.8 Å². The van der Waals surface area contributed by atoms with E-state index in [4.69, 9.17) is 18.6 Å². The molecule has 0 aromatic heterocycles. The van der Waals surface area contributed by atoms with Crippen LogP contribution >= 0.6 is 0 Å². The smallest absolute Gasteiger partial charge is 0.261 e. The first-order chi connectivity index (χ1) is 15.1. The van der Waals surface area contributed by atoms with E-state index in [0.717, 1.165) is 12.8 Å². The maximum absolute atomic E-state index is 7.56. The Kier molecular flexibility index (Phi) is 5.23. The predicted molar refractivity (Wildman–Crippen MR) is 129 cm³/mol. The molecule has 5 rings (SSSR count). The molecule has 0 amide bonds. The molecule has 2 aromatic rings. The van der Waals surface area contributed by atoms with Crippen molar-refractivity contribution in [3.8, 4) is 0 Å². The maximum atomic E-state index is 7.56. The molecular weight excluding hydrogens is 416 g/mol. The Morgan fingerprint density at radius 1 is 0.906 bits per heavy atom. The van der Waals surface area contributed by atoms with Gasteiger partial charge in [0.25, 0.3) is 8.32 Å². The van der Waals surface area contributed by atoms with Gasteiger partial charge < -0.3 is 18.6 Å². The van der Waals surface area contributed by atoms with E-state index in [-0.39, 0.29) is 29.1 Å². The molecule has 2 aromatic carbocycles. The summed E-state index contributed by atoms with van der Waals surface area (Å²) < 4.78 is 26.8. The molecule has 0 bridgehead atoms. The number of benzene rings is 2. The summed E-state index contributed by atoms with van der Waals surface area (Å²) >= 11 is 0. The minimum absolute atomic E-state index is 0.0967. The molecule has 2 aliphatic heterocycles. The van der Waals surface area contributed by atoms with Crippen molar-refractivity contribution in [1.82, 2.24) is 0 Å². The highest BCUT2D eigenvalue weighted by Crippen LogP contribution is 2.61. The van der Waals surface area contributed by atoms with Gasteiger partial charge in [-0.25, -0.2) is 0 Å². The highest BCUT2D eigenvalue weighted by atomic mass is 28.4. The fourth-order valence-corrected chi connectivity index (χ4v) is 10.7. The van der Waals surface area contributed by atoms with E-state index in [9.17, 15) is 0 Å². The molecular formula is C27H36O4Si. The van der Waals surface area contributed by atoms with Crippen LogP contribution in [0.25, 0.3) is 0 Å². The van der Waals surface area contributed by atoms with Crippen molar-refractivity contribution in [1.29, 1.82) is 0 Å². The minimum atomic E-state index is -2.73. The zero-order valence-electron chi connectivity index (χ0n) is 20.1. The van der Waals surface area contributed by atoms with Crippen molar-refractivity contribution >= 4 is 18.7 Å². The summed E-state index contributed by atoms with van der Waals surface area (Å²) in [7, 11) is -2.73. The molecule has 2 heterocycles. The third kappa shape index (κ3) is 3.33. The summed E-state index contributed by atoms with van der Waals surface area (Å²) in [5.74, 6) is -0.188. The van der Waals surface area contributed by atoms with Gasteiger partial charge in [-0.15, -0.1) is 0 Å². The predicted octanol–water partition coefficient (Wildman–Crippen LogP) is 4.61. The maximum Gasteiger partial charge on any atom is 0.261 e. The molecule has 1 spiro atoms. The highest BCUT2D eigenvalue weighted by Gasteiger charge is 2.73. The van der Waals surface area contributed by atoms with Crippen LogP contribution in [0.5, 0.6) is 0 Å². The van der Waals surface area contributed by atoms with Crippen LogP contribution < -0.4 is 10.4 Å². The van der Waals surface area contributed by atoms with Crippen molar-refractivity contribution in [2.45, 2.75) is 89.3 Å². The minimum Gasteiger partial charge on any atom is -0.399 e. The monoisotopic (exact) mass is 452 g/mol. The first-order valence-corrected chi connectivity index (χ1v) is 13.9. The Morgan fingerprint density at radius 2 is 1.47 bits per heavy atom. The van der Waals surface area contributed by atoms with Crippen LogP contribution in [0.2, 0.25) is 5.04 Å². The van der Waals surface area contributed by atoms with Gasteiger partial charge in [0.2, 0.25) is 0 Å². The second-order valence-corrected chi connectivity index (χ2v) is 15.3. The van der Waals surface area contributed by atoms with E-state index in [0.29, 0.717) is 5.92 Å². The summed E-state index contributed by atoms with van der Waals surface area (Å²) in [6, 6.07) is 21.6. The molecule has 1 unspecified atom stereocenters. The lowest BCUT2D eigenvalue weighted by atomic mass is 10.1. The zero-order chi connectivity index (χ0) is 22.8. The summed E-state index contributed by atoms with van der Waals surface area (Å²) in [6.07, 6.45) is 1.33. The number of hydrogen-bond donors (Lipinski definition) is 0. The van der Waals surface area contributed by atoms with Crippen LogP contribution in [-0.4, -0.2) is 38.2 Å². The van der Waals surface area contributed by atoms with E-state index >= 15 is 0 Å². The normalized spacial score (nSPS) is 33.4. The quantitative estimate of drug-likeness (QED) is 0.621. The molecule has 1 saturated carbocycles. The summed E-state index contributed by atoms with van der Waals surface area (Å²) in [5, 5.41) is 2.47. The van der Waals surface area contributed by atoms with Gasteiger partial charge in [0.1, 0.15) is 17.8 Å². The van der Waals surface area contributed by atoms with Crippen molar-refractivity contribution in [3.63, 3.8) is 0 Å². The molecule has 3 aliphatic rings. The molecule has 32 heavy (non-hydrogen) atoms. The molecule has 5 atom stereocenters. The van der Waals surface area contributed by atoms with Gasteiger partial charge in [0.05, 0.1) is 0 Å². The third-order valence-electron chi connectivity index (χ3n) is 7.51. The van der Waals surface area contributed by atoms with Gasteiger partial charge in [0, 0.05) is 0 Å². The van der Waals surface area contributed by atoms with E-state index < -0.39 is 14.1 Å². The lowest BCUT2D eigenvalue weighted by Crippen LogP contribution is -2.69. The molecule has 172 valence electrons. The average Bonchev–Trinajstić information content (AvgIpc) is 3.28. The highest BCUT2D eigenvalue weighted by molar-refractivity contribution is 6.99. The summed E-state index contributed by atoms with van der Waals surface area (Å²) in [5.41, 5.74) is -0.312. The fraction of sp³-hybridized carbons (Fsp3) is 0.556. The Hall–Kier alpha value is -1.50. The first kappa shape index (κ1) is 22.3. The molecule has 2 saturated heterocycles. The largest absolute Gasteiger partial charge is 0.399 e. The van der Waals surface area contributed by atoms with E-state index in [1.165, 1.54) is 10.4 Å². The fourth-order valence-electron chi connectivity index (χ4n) is 5.97. The van der Waals surface area contributed by atoms with Gasteiger partial charge in [-0.2, -0.15) is 0 Å². The first-order valence-electron chi connectivity index (χ1n) is 12.0. The number of ether oxygens (including phenoxy) is 3. The van der Waals surface area contributed by atoms with Crippen molar-refractivity contribution < 1.29 is 18.6 Å². The summed E-state index contributed by atoms with van der Waals surface area (Å²) in [4.78, 5) is 0. The van der Waals surface area contributed by atoms with Gasteiger partial charge >= 0.3 is 0 Å². The number of fused-ring (bicyclic) bond motifs is 1. The second-order valence-electron chi connectivity index (χ2n) is 11.1. The second kappa shape index (κ2) is 7.50. The Morgan fingerprint density at radius 3 is 1.94 bits per heavy atom. The van der Waals surface area contributed by atoms with Crippen LogP contribution in [-0.2, 0) is 18.6 Å². The molecule has 3 fully saturated rings. The van der Waals surface area contributed by atoms with Gasteiger partial charge in [0.15, 0.2) is 12.1 Å². The van der Waals surface area contributed by atoms with Crippen LogP contribution in [0.1, 0.15) is 54.4 Å². The topological polar surface area (TPSA) is 36.9 Å². The van der Waals surface area contributed by atoms with Crippen molar-refractivity contribution in [2.75, 3.05) is 0 Å². The number of rotatable bonds is 5.